The van der Waals surface area contributed by atoms with Crippen LogP contribution in [-0.2, 0) is 6.42 Å². The van der Waals surface area contributed by atoms with Crippen molar-refractivity contribution in [3.8, 4) is 0 Å². The number of piperazine rings is 1. The summed E-state index contributed by atoms with van der Waals surface area (Å²) in [5.74, 6) is 0.754. The van der Waals surface area contributed by atoms with Crippen LogP contribution in [0.25, 0.3) is 11.0 Å². The highest BCUT2D eigenvalue weighted by molar-refractivity contribution is 5.97. The Hall–Kier alpha value is -3.00. The van der Waals surface area contributed by atoms with Crippen molar-refractivity contribution in [2.75, 3.05) is 45.2 Å². The SMILES string of the molecule is CN(C)C(=O)c1cc2cnc(Cc3ccc(N4CCN(C(C)(C)C)CC4)cn3)nc2n1C1CCCC1. The highest BCUT2D eigenvalue weighted by Gasteiger charge is 2.27. The maximum absolute atomic E-state index is 12.9. The summed E-state index contributed by atoms with van der Waals surface area (Å²) in [7, 11) is 3.60. The largest absolute Gasteiger partial charge is 0.368 e. The van der Waals surface area contributed by atoms with E-state index in [9.17, 15) is 4.79 Å². The topological polar surface area (TPSA) is 70.4 Å². The molecule has 0 unspecified atom stereocenters. The molecular formula is C28H39N7O. The van der Waals surface area contributed by atoms with Crippen molar-refractivity contribution in [2.24, 2.45) is 0 Å². The highest BCUT2D eigenvalue weighted by Crippen LogP contribution is 2.34. The number of carbonyl (C=O) groups excluding carboxylic acids is 1. The van der Waals surface area contributed by atoms with Gasteiger partial charge in [-0.2, -0.15) is 0 Å². The molecule has 3 aromatic rings. The van der Waals surface area contributed by atoms with Crippen LogP contribution in [0.3, 0.4) is 0 Å². The quantitative estimate of drug-likeness (QED) is 0.536. The van der Waals surface area contributed by atoms with Gasteiger partial charge in [0.15, 0.2) is 0 Å². The Bertz CT molecular complexity index is 1210. The van der Waals surface area contributed by atoms with Gasteiger partial charge in [0, 0.05) is 69.1 Å². The molecule has 0 bridgehead atoms. The normalized spacial score (nSPS) is 17.8. The average molecular weight is 490 g/mol. The van der Waals surface area contributed by atoms with E-state index in [-0.39, 0.29) is 11.4 Å². The van der Waals surface area contributed by atoms with E-state index in [1.807, 2.05) is 18.5 Å². The number of nitrogens with zero attached hydrogens (tertiary/aromatic N) is 7. The Kier molecular flexibility index (Phi) is 6.72. The van der Waals surface area contributed by atoms with E-state index in [0.29, 0.717) is 18.2 Å². The predicted octanol–water partition coefficient (Wildman–Crippen LogP) is 4.15. The van der Waals surface area contributed by atoms with Crippen LogP contribution < -0.4 is 4.90 Å². The second-order valence-electron chi connectivity index (χ2n) is 11.4. The Balaban J connectivity index is 1.34. The van der Waals surface area contributed by atoms with Crippen LogP contribution in [0, 0.1) is 0 Å². The molecule has 2 fully saturated rings. The van der Waals surface area contributed by atoms with Crippen molar-refractivity contribution in [3.05, 3.63) is 47.8 Å². The van der Waals surface area contributed by atoms with Crippen molar-refractivity contribution in [2.45, 2.75) is 64.5 Å². The average Bonchev–Trinajstić information content (AvgIpc) is 3.51. The van der Waals surface area contributed by atoms with Gasteiger partial charge in [-0.15, -0.1) is 0 Å². The maximum Gasteiger partial charge on any atom is 0.270 e. The van der Waals surface area contributed by atoms with Gasteiger partial charge < -0.3 is 14.4 Å². The number of pyridine rings is 1. The van der Waals surface area contributed by atoms with Gasteiger partial charge in [0.2, 0.25) is 0 Å². The van der Waals surface area contributed by atoms with E-state index >= 15 is 0 Å². The van der Waals surface area contributed by atoms with Crippen molar-refractivity contribution < 1.29 is 4.79 Å². The first-order valence-corrected chi connectivity index (χ1v) is 13.2. The maximum atomic E-state index is 12.9. The molecule has 5 rings (SSSR count). The number of rotatable bonds is 5. The molecule has 0 N–H and O–H groups in total. The zero-order valence-corrected chi connectivity index (χ0v) is 22.4. The van der Waals surface area contributed by atoms with E-state index in [1.54, 1.807) is 19.0 Å². The van der Waals surface area contributed by atoms with Crippen molar-refractivity contribution in [3.63, 3.8) is 0 Å². The minimum Gasteiger partial charge on any atom is -0.368 e. The van der Waals surface area contributed by atoms with Gasteiger partial charge in [-0.3, -0.25) is 14.7 Å². The van der Waals surface area contributed by atoms with Crippen molar-refractivity contribution >= 4 is 22.6 Å². The number of carbonyl (C=O) groups is 1. The number of hydrogen-bond acceptors (Lipinski definition) is 6. The van der Waals surface area contributed by atoms with Crippen LogP contribution in [0.1, 0.15) is 74.5 Å². The fraction of sp³-hybridized carbons (Fsp3) is 0.571. The fourth-order valence-corrected chi connectivity index (χ4v) is 5.56. The minimum absolute atomic E-state index is 0.0158. The second-order valence-corrected chi connectivity index (χ2v) is 11.4. The van der Waals surface area contributed by atoms with Gasteiger partial charge >= 0.3 is 0 Å². The lowest BCUT2D eigenvalue weighted by Crippen LogP contribution is -2.53. The molecule has 0 atom stereocenters. The first-order chi connectivity index (χ1) is 17.2. The van der Waals surface area contributed by atoms with E-state index < -0.39 is 0 Å². The first-order valence-electron chi connectivity index (χ1n) is 13.2. The summed E-state index contributed by atoms with van der Waals surface area (Å²) in [4.78, 5) is 33.9. The zero-order valence-electron chi connectivity index (χ0n) is 22.4. The molecule has 0 radical (unpaired) electrons. The molecule has 3 aromatic heterocycles. The van der Waals surface area contributed by atoms with Gasteiger partial charge in [0.05, 0.1) is 18.3 Å². The van der Waals surface area contributed by atoms with Gasteiger partial charge in [0.25, 0.3) is 5.91 Å². The molecule has 192 valence electrons. The third-order valence-electron chi connectivity index (χ3n) is 7.68. The van der Waals surface area contributed by atoms with Gasteiger partial charge in [-0.25, -0.2) is 9.97 Å². The number of amides is 1. The molecule has 8 nitrogen and oxygen atoms in total. The van der Waals surface area contributed by atoms with Gasteiger partial charge in [-0.05, 0) is 51.8 Å². The lowest BCUT2D eigenvalue weighted by molar-refractivity contribution is 0.0815. The van der Waals surface area contributed by atoms with Crippen molar-refractivity contribution in [1.29, 1.82) is 0 Å². The molecule has 1 amide bonds. The van der Waals surface area contributed by atoms with Crippen LogP contribution in [0.4, 0.5) is 5.69 Å². The lowest BCUT2D eigenvalue weighted by Gasteiger charge is -2.43. The second kappa shape index (κ2) is 9.81. The number of anilines is 1. The number of fused-ring (bicyclic) bond motifs is 1. The third kappa shape index (κ3) is 4.96. The summed E-state index contributed by atoms with van der Waals surface area (Å²) in [6, 6.07) is 6.53. The van der Waals surface area contributed by atoms with Gasteiger partial charge in [0.1, 0.15) is 17.2 Å². The third-order valence-corrected chi connectivity index (χ3v) is 7.68. The summed E-state index contributed by atoms with van der Waals surface area (Å²) < 4.78 is 2.17. The molecule has 1 saturated carbocycles. The molecule has 2 aliphatic rings. The number of aromatic nitrogens is 4. The molecular weight excluding hydrogens is 450 g/mol. The lowest BCUT2D eigenvalue weighted by atomic mass is 10.0. The van der Waals surface area contributed by atoms with Crippen molar-refractivity contribution in [1.82, 2.24) is 29.3 Å². The Morgan fingerprint density at radius 2 is 1.75 bits per heavy atom. The number of hydrogen-bond donors (Lipinski definition) is 0. The van der Waals surface area contributed by atoms with Gasteiger partial charge in [-0.1, -0.05) is 12.8 Å². The Morgan fingerprint density at radius 3 is 2.36 bits per heavy atom. The smallest absolute Gasteiger partial charge is 0.270 e. The van der Waals surface area contributed by atoms with Crippen LogP contribution in [0.2, 0.25) is 0 Å². The zero-order chi connectivity index (χ0) is 25.4. The van der Waals surface area contributed by atoms with Crippen LogP contribution in [0.5, 0.6) is 0 Å². The molecule has 0 aromatic carbocycles. The monoisotopic (exact) mass is 489 g/mol. The molecule has 1 saturated heterocycles. The van der Waals surface area contributed by atoms with Crippen LogP contribution in [0.15, 0.2) is 30.6 Å². The summed E-state index contributed by atoms with van der Waals surface area (Å²) in [6.45, 7) is 11.0. The highest BCUT2D eigenvalue weighted by atomic mass is 16.2. The standard InChI is InChI=1S/C28H39N7O/c1-28(2,3)34-14-12-33(13-15-34)23-11-10-21(29-19-23)17-25-30-18-20-16-24(27(36)32(4)5)35(26(20)31-25)22-8-6-7-9-22/h10-11,16,18-19,22H,6-9,12-15,17H2,1-5H3. The predicted molar refractivity (Wildman–Crippen MR) is 144 cm³/mol. The molecule has 1 aliphatic carbocycles. The molecule has 1 aliphatic heterocycles. The molecule has 4 heterocycles. The van der Waals surface area contributed by atoms with E-state index in [1.165, 1.54) is 18.5 Å². The Labute approximate surface area is 214 Å². The van der Waals surface area contributed by atoms with Crippen LogP contribution >= 0.6 is 0 Å². The molecule has 0 spiro atoms. The summed E-state index contributed by atoms with van der Waals surface area (Å²) >= 11 is 0. The van der Waals surface area contributed by atoms with E-state index in [0.717, 1.165) is 61.6 Å². The first kappa shape index (κ1) is 24.7. The minimum atomic E-state index is 0.0158. The molecule has 8 heteroatoms. The summed E-state index contributed by atoms with van der Waals surface area (Å²) in [6.07, 6.45) is 8.97. The fourth-order valence-electron chi connectivity index (χ4n) is 5.56. The summed E-state index contributed by atoms with van der Waals surface area (Å²) in [5.41, 5.74) is 3.92. The van der Waals surface area contributed by atoms with Crippen LogP contribution in [-0.4, -0.2) is 81.0 Å². The summed E-state index contributed by atoms with van der Waals surface area (Å²) in [5, 5.41) is 0.925. The molecule has 36 heavy (non-hydrogen) atoms. The van der Waals surface area contributed by atoms with E-state index in [2.05, 4.69) is 52.3 Å². The van der Waals surface area contributed by atoms with E-state index in [4.69, 9.17) is 9.97 Å². The Morgan fingerprint density at radius 1 is 1.03 bits per heavy atom.